The molecule has 0 spiro atoms. The van der Waals surface area contributed by atoms with E-state index >= 15 is 0 Å². The molecule has 0 N–H and O–H groups in total. The molecular formula is C22H26N2O6S. The third-order valence-electron chi connectivity index (χ3n) is 5.20. The van der Waals surface area contributed by atoms with Crippen molar-refractivity contribution in [3.63, 3.8) is 0 Å². The number of sulfone groups is 1. The Balaban J connectivity index is 1.99. The maximum absolute atomic E-state index is 13.0. The Labute approximate surface area is 182 Å². The molecular weight excluding hydrogens is 420 g/mol. The van der Waals surface area contributed by atoms with Gasteiger partial charge in [0.2, 0.25) is 0 Å². The molecule has 3 rings (SSSR count). The van der Waals surface area contributed by atoms with Gasteiger partial charge in [-0.2, -0.15) is 0 Å². The summed E-state index contributed by atoms with van der Waals surface area (Å²) in [5, 5.41) is -1.10. The molecule has 0 aliphatic carbocycles. The molecule has 0 radical (unpaired) electrons. The first-order valence-electron chi connectivity index (χ1n) is 9.75. The van der Waals surface area contributed by atoms with Crippen LogP contribution < -0.4 is 14.4 Å². The molecule has 2 aromatic carbocycles. The van der Waals surface area contributed by atoms with E-state index in [2.05, 4.69) is 0 Å². The Hall–Kier alpha value is -3.07. The number of anilines is 1. The molecule has 2 aromatic rings. The molecule has 0 saturated carbocycles. The minimum Gasteiger partial charge on any atom is -0.493 e. The van der Waals surface area contributed by atoms with E-state index < -0.39 is 26.9 Å². The molecule has 1 atom stereocenters. The lowest BCUT2D eigenvalue weighted by Gasteiger charge is -2.22. The largest absolute Gasteiger partial charge is 0.493 e. The molecule has 0 aromatic heterocycles. The first kappa shape index (κ1) is 22.6. The molecule has 9 heteroatoms. The van der Waals surface area contributed by atoms with Crippen LogP contribution in [0.5, 0.6) is 11.5 Å². The Morgan fingerprint density at radius 3 is 2.26 bits per heavy atom. The van der Waals surface area contributed by atoms with Gasteiger partial charge in [-0.1, -0.05) is 6.07 Å². The zero-order valence-corrected chi connectivity index (χ0v) is 19.0. The highest BCUT2D eigenvalue weighted by molar-refractivity contribution is 7.91. The highest BCUT2D eigenvalue weighted by atomic mass is 32.2. The molecule has 166 valence electrons. The van der Waals surface area contributed by atoms with Gasteiger partial charge in [0.1, 0.15) is 5.25 Å². The highest BCUT2D eigenvalue weighted by Crippen LogP contribution is 2.35. The molecule has 0 fully saturated rings. The number of rotatable bonds is 8. The normalized spacial score (nSPS) is 14.4. The SMILES string of the molecule is CCOc1cc(C(CN2C(=O)c3ccc(N(C)C)cc3C2=O)S(C)(=O)=O)ccc1OC. The minimum absolute atomic E-state index is 0.271. The summed E-state index contributed by atoms with van der Waals surface area (Å²) in [5.74, 6) is -0.141. The molecule has 31 heavy (non-hydrogen) atoms. The first-order valence-corrected chi connectivity index (χ1v) is 11.7. The standard InChI is InChI=1S/C22H26N2O6S/c1-6-30-19-11-14(7-10-18(19)29-4)20(31(5,27)28)13-24-21(25)16-9-8-15(23(2)3)12-17(16)22(24)26/h7-12,20H,6,13H2,1-5H3. The van der Waals surface area contributed by atoms with E-state index in [0.717, 1.165) is 16.8 Å². The molecule has 1 aliphatic heterocycles. The summed E-state index contributed by atoms with van der Waals surface area (Å²) in [4.78, 5) is 28.7. The van der Waals surface area contributed by atoms with E-state index in [4.69, 9.17) is 9.47 Å². The fourth-order valence-electron chi connectivity index (χ4n) is 3.54. The summed E-state index contributed by atoms with van der Waals surface area (Å²) in [6.07, 6.45) is 1.09. The van der Waals surface area contributed by atoms with Gasteiger partial charge in [0, 0.05) is 26.0 Å². The second kappa shape index (κ2) is 8.58. The number of hydrogen-bond donors (Lipinski definition) is 0. The van der Waals surface area contributed by atoms with Crippen molar-refractivity contribution in [2.75, 3.05) is 45.5 Å². The van der Waals surface area contributed by atoms with Gasteiger partial charge in [-0.3, -0.25) is 14.5 Å². The summed E-state index contributed by atoms with van der Waals surface area (Å²) in [6, 6.07) is 9.79. The number of carbonyl (C=O) groups is 2. The number of carbonyl (C=O) groups excluding carboxylic acids is 2. The van der Waals surface area contributed by atoms with Gasteiger partial charge in [0.25, 0.3) is 11.8 Å². The van der Waals surface area contributed by atoms with Crippen LogP contribution in [-0.2, 0) is 9.84 Å². The average molecular weight is 447 g/mol. The summed E-state index contributed by atoms with van der Waals surface area (Å²) >= 11 is 0. The van der Waals surface area contributed by atoms with Gasteiger partial charge in [0.15, 0.2) is 21.3 Å². The zero-order chi connectivity index (χ0) is 22.9. The van der Waals surface area contributed by atoms with Crippen molar-refractivity contribution in [1.29, 1.82) is 0 Å². The van der Waals surface area contributed by atoms with E-state index in [1.807, 2.05) is 19.0 Å². The van der Waals surface area contributed by atoms with Gasteiger partial charge < -0.3 is 14.4 Å². The van der Waals surface area contributed by atoms with Crippen molar-refractivity contribution in [3.8, 4) is 11.5 Å². The van der Waals surface area contributed by atoms with Crippen LogP contribution in [0.25, 0.3) is 0 Å². The van der Waals surface area contributed by atoms with E-state index in [1.165, 1.54) is 7.11 Å². The van der Waals surface area contributed by atoms with Gasteiger partial charge in [-0.25, -0.2) is 8.42 Å². The first-order chi connectivity index (χ1) is 14.6. The number of amides is 2. The monoisotopic (exact) mass is 446 g/mol. The number of benzene rings is 2. The van der Waals surface area contributed by atoms with Crippen molar-refractivity contribution in [3.05, 3.63) is 53.1 Å². The minimum atomic E-state index is -3.66. The fourth-order valence-corrected chi connectivity index (χ4v) is 4.60. The van der Waals surface area contributed by atoms with Crippen LogP contribution in [0.2, 0.25) is 0 Å². The van der Waals surface area contributed by atoms with Crippen molar-refractivity contribution < 1.29 is 27.5 Å². The van der Waals surface area contributed by atoms with Crippen molar-refractivity contribution in [2.24, 2.45) is 0 Å². The van der Waals surface area contributed by atoms with Gasteiger partial charge >= 0.3 is 0 Å². The number of imide groups is 1. The lowest BCUT2D eigenvalue weighted by molar-refractivity contribution is 0.0654. The quantitative estimate of drug-likeness (QED) is 0.575. The Bertz CT molecular complexity index is 1130. The number of methoxy groups -OCH3 is 1. The molecule has 2 amide bonds. The summed E-state index contributed by atoms with van der Waals surface area (Å²) < 4.78 is 36.1. The van der Waals surface area contributed by atoms with E-state index in [9.17, 15) is 18.0 Å². The Morgan fingerprint density at radius 1 is 1.00 bits per heavy atom. The molecule has 1 aliphatic rings. The topological polar surface area (TPSA) is 93.2 Å². The second-order valence-electron chi connectivity index (χ2n) is 7.51. The third kappa shape index (κ3) is 4.36. The predicted molar refractivity (Wildman–Crippen MR) is 118 cm³/mol. The van der Waals surface area contributed by atoms with Crippen LogP contribution in [0.4, 0.5) is 5.69 Å². The number of fused-ring (bicyclic) bond motifs is 1. The molecule has 0 saturated heterocycles. The van der Waals surface area contributed by atoms with Crippen molar-refractivity contribution in [1.82, 2.24) is 4.90 Å². The van der Waals surface area contributed by atoms with Gasteiger partial charge in [-0.05, 0) is 42.8 Å². The molecule has 8 nitrogen and oxygen atoms in total. The average Bonchev–Trinajstić information content (AvgIpc) is 2.95. The third-order valence-corrected chi connectivity index (χ3v) is 6.65. The molecule has 1 unspecified atom stereocenters. The Morgan fingerprint density at radius 2 is 1.68 bits per heavy atom. The molecule has 1 heterocycles. The van der Waals surface area contributed by atoms with Crippen LogP contribution in [0, 0.1) is 0 Å². The van der Waals surface area contributed by atoms with Crippen LogP contribution in [0.3, 0.4) is 0 Å². The van der Waals surface area contributed by atoms with Crippen molar-refractivity contribution in [2.45, 2.75) is 12.2 Å². The van der Waals surface area contributed by atoms with E-state index in [-0.39, 0.29) is 17.7 Å². The second-order valence-corrected chi connectivity index (χ2v) is 9.73. The molecule has 0 bridgehead atoms. The van der Waals surface area contributed by atoms with Crippen molar-refractivity contribution >= 4 is 27.3 Å². The summed E-state index contributed by atoms with van der Waals surface area (Å²) in [5.41, 5.74) is 1.73. The smallest absolute Gasteiger partial charge is 0.261 e. The summed E-state index contributed by atoms with van der Waals surface area (Å²) in [6.45, 7) is 1.89. The van der Waals surface area contributed by atoms with E-state index in [0.29, 0.717) is 23.7 Å². The zero-order valence-electron chi connectivity index (χ0n) is 18.2. The fraction of sp³-hybridized carbons (Fsp3) is 0.364. The van der Waals surface area contributed by atoms with Gasteiger partial charge in [0.05, 0.1) is 31.4 Å². The predicted octanol–water partition coefficient (Wildman–Crippen LogP) is 2.54. The lowest BCUT2D eigenvalue weighted by atomic mass is 10.1. The van der Waals surface area contributed by atoms with Crippen LogP contribution >= 0.6 is 0 Å². The van der Waals surface area contributed by atoms with Crippen LogP contribution in [-0.4, -0.2) is 65.7 Å². The lowest BCUT2D eigenvalue weighted by Crippen LogP contribution is -2.36. The number of nitrogens with zero attached hydrogens (tertiary/aromatic N) is 2. The number of hydrogen-bond acceptors (Lipinski definition) is 7. The summed E-state index contributed by atoms with van der Waals surface area (Å²) in [7, 11) is 1.50. The van der Waals surface area contributed by atoms with Crippen LogP contribution in [0.1, 0.15) is 38.5 Å². The van der Waals surface area contributed by atoms with Crippen LogP contribution in [0.15, 0.2) is 36.4 Å². The maximum Gasteiger partial charge on any atom is 0.261 e. The van der Waals surface area contributed by atoms with E-state index in [1.54, 1.807) is 43.3 Å². The van der Waals surface area contributed by atoms with Gasteiger partial charge in [-0.15, -0.1) is 0 Å². The highest BCUT2D eigenvalue weighted by Gasteiger charge is 2.39. The maximum atomic E-state index is 13.0. The Kier molecular flexibility index (Phi) is 6.26. The number of ether oxygens (including phenoxy) is 2.